The van der Waals surface area contributed by atoms with E-state index in [1.807, 2.05) is 0 Å². The first-order valence-electron chi connectivity index (χ1n) is 3.19. The molecular formula is C8H9FOS. The van der Waals surface area contributed by atoms with Crippen molar-refractivity contribution in [3.8, 4) is 5.75 Å². The highest BCUT2D eigenvalue weighted by atomic mass is 32.1. The molecule has 1 aromatic rings. The summed E-state index contributed by atoms with van der Waals surface area (Å²) in [4.78, 5) is 0.271. The van der Waals surface area contributed by atoms with E-state index in [2.05, 4.69) is 12.6 Å². The van der Waals surface area contributed by atoms with Gasteiger partial charge in [-0.25, -0.2) is 4.39 Å². The molecule has 1 rings (SSSR count). The van der Waals surface area contributed by atoms with Gasteiger partial charge in [0, 0.05) is 0 Å². The topological polar surface area (TPSA) is 9.23 Å². The van der Waals surface area contributed by atoms with Crippen LogP contribution in [0.15, 0.2) is 17.0 Å². The number of rotatable bonds is 1. The Labute approximate surface area is 70.6 Å². The summed E-state index contributed by atoms with van der Waals surface area (Å²) in [6.07, 6.45) is 0. The third-order valence-corrected chi connectivity index (χ3v) is 1.91. The molecule has 0 amide bonds. The molecule has 0 radical (unpaired) electrons. The lowest BCUT2D eigenvalue weighted by Crippen LogP contribution is -1.90. The minimum atomic E-state index is -0.312. The first-order chi connectivity index (χ1) is 5.16. The van der Waals surface area contributed by atoms with Crippen LogP contribution in [-0.2, 0) is 0 Å². The van der Waals surface area contributed by atoms with E-state index < -0.39 is 0 Å². The number of hydrogen-bond donors (Lipinski definition) is 1. The average Bonchev–Trinajstić information content (AvgIpc) is 2.01. The van der Waals surface area contributed by atoms with Crippen LogP contribution in [0.25, 0.3) is 0 Å². The number of benzene rings is 1. The van der Waals surface area contributed by atoms with Crippen molar-refractivity contribution in [1.82, 2.24) is 0 Å². The van der Waals surface area contributed by atoms with Crippen molar-refractivity contribution in [2.75, 3.05) is 7.11 Å². The number of hydrogen-bond acceptors (Lipinski definition) is 2. The van der Waals surface area contributed by atoms with E-state index in [9.17, 15) is 4.39 Å². The lowest BCUT2D eigenvalue weighted by atomic mass is 10.2. The second-order valence-corrected chi connectivity index (χ2v) is 2.69. The van der Waals surface area contributed by atoms with Gasteiger partial charge in [-0.2, -0.15) is 0 Å². The molecule has 0 N–H and O–H groups in total. The third kappa shape index (κ3) is 1.48. The number of ether oxygens (including phenoxy) is 1. The van der Waals surface area contributed by atoms with E-state index in [0.29, 0.717) is 11.3 Å². The molecule has 0 aromatic heterocycles. The molecule has 3 heteroatoms. The van der Waals surface area contributed by atoms with Gasteiger partial charge >= 0.3 is 0 Å². The molecule has 0 unspecified atom stereocenters. The molecule has 1 aromatic carbocycles. The van der Waals surface area contributed by atoms with Crippen LogP contribution in [0.1, 0.15) is 5.56 Å². The van der Waals surface area contributed by atoms with Crippen molar-refractivity contribution in [3.63, 3.8) is 0 Å². The summed E-state index contributed by atoms with van der Waals surface area (Å²) < 4.78 is 17.9. The molecule has 60 valence electrons. The Hall–Kier alpha value is -0.700. The van der Waals surface area contributed by atoms with Crippen molar-refractivity contribution in [1.29, 1.82) is 0 Å². The Kier molecular flexibility index (Phi) is 2.39. The quantitative estimate of drug-likeness (QED) is 0.640. The fourth-order valence-electron chi connectivity index (χ4n) is 0.812. The van der Waals surface area contributed by atoms with E-state index >= 15 is 0 Å². The molecular weight excluding hydrogens is 163 g/mol. The van der Waals surface area contributed by atoms with E-state index in [1.54, 1.807) is 19.1 Å². The first kappa shape index (κ1) is 8.40. The summed E-state index contributed by atoms with van der Waals surface area (Å²) in [5.41, 5.74) is 0.579. The monoisotopic (exact) mass is 172 g/mol. The summed E-state index contributed by atoms with van der Waals surface area (Å²) in [6.45, 7) is 1.69. The zero-order chi connectivity index (χ0) is 8.43. The SMILES string of the molecule is COc1ccc(C)c(F)c1S. The van der Waals surface area contributed by atoms with Crippen LogP contribution in [0.2, 0.25) is 0 Å². The molecule has 0 aliphatic heterocycles. The lowest BCUT2D eigenvalue weighted by Gasteiger charge is -2.05. The highest BCUT2D eigenvalue weighted by Gasteiger charge is 2.06. The number of aryl methyl sites for hydroxylation is 1. The normalized spacial score (nSPS) is 9.82. The number of halogens is 1. The number of methoxy groups -OCH3 is 1. The minimum absolute atomic E-state index is 0.271. The van der Waals surface area contributed by atoms with Gasteiger partial charge in [-0.15, -0.1) is 12.6 Å². The number of thiol groups is 1. The van der Waals surface area contributed by atoms with Crippen molar-refractivity contribution in [3.05, 3.63) is 23.5 Å². The van der Waals surface area contributed by atoms with Gasteiger partial charge in [0.15, 0.2) is 0 Å². The van der Waals surface area contributed by atoms with Gasteiger partial charge in [0.1, 0.15) is 11.6 Å². The van der Waals surface area contributed by atoms with Crippen LogP contribution >= 0.6 is 12.6 Å². The molecule has 0 saturated heterocycles. The maximum atomic E-state index is 13.0. The maximum absolute atomic E-state index is 13.0. The van der Waals surface area contributed by atoms with Crippen molar-refractivity contribution >= 4 is 12.6 Å². The summed E-state index contributed by atoms with van der Waals surface area (Å²) in [7, 11) is 1.49. The van der Waals surface area contributed by atoms with Gasteiger partial charge in [0.05, 0.1) is 12.0 Å². The highest BCUT2D eigenvalue weighted by molar-refractivity contribution is 7.80. The highest BCUT2D eigenvalue weighted by Crippen LogP contribution is 2.26. The Morgan fingerprint density at radius 3 is 2.64 bits per heavy atom. The standard InChI is InChI=1S/C8H9FOS/c1-5-3-4-6(10-2)8(11)7(5)9/h3-4,11H,1-2H3. The molecule has 0 atom stereocenters. The fourth-order valence-corrected chi connectivity index (χ4v) is 1.15. The zero-order valence-corrected chi connectivity index (χ0v) is 7.28. The average molecular weight is 172 g/mol. The smallest absolute Gasteiger partial charge is 0.143 e. The largest absolute Gasteiger partial charge is 0.495 e. The van der Waals surface area contributed by atoms with E-state index in [1.165, 1.54) is 7.11 Å². The van der Waals surface area contributed by atoms with Crippen LogP contribution in [0.4, 0.5) is 4.39 Å². The summed E-state index contributed by atoms with van der Waals surface area (Å²) in [6, 6.07) is 3.36. The predicted molar refractivity (Wildman–Crippen MR) is 44.9 cm³/mol. The molecule has 0 bridgehead atoms. The van der Waals surface area contributed by atoms with Crippen LogP contribution in [0.5, 0.6) is 5.75 Å². The van der Waals surface area contributed by atoms with Crippen LogP contribution in [0.3, 0.4) is 0 Å². The minimum Gasteiger partial charge on any atom is -0.495 e. The molecule has 0 saturated carbocycles. The molecule has 11 heavy (non-hydrogen) atoms. The second kappa shape index (κ2) is 3.13. The predicted octanol–water partition coefficient (Wildman–Crippen LogP) is 2.43. The molecule has 0 heterocycles. The summed E-state index contributed by atoms with van der Waals surface area (Å²) >= 11 is 3.96. The Bertz CT molecular complexity index is 273. The van der Waals surface area contributed by atoms with E-state index in [0.717, 1.165) is 0 Å². The first-order valence-corrected chi connectivity index (χ1v) is 3.63. The van der Waals surface area contributed by atoms with Crippen LogP contribution in [-0.4, -0.2) is 7.11 Å². The van der Waals surface area contributed by atoms with Gasteiger partial charge in [-0.05, 0) is 18.6 Å². The fraction of sp³-hybridized carbons (Fsp3) is 0.250. The zero-order valence-electron chi connectivity index (χ0n) is 6.39. The van der Waals surface area contributed by atoms with Crippen molar-refractivity contribution in [2.45, 2.75) is 11.8 Å². The van der Waals surface area contributed by atoms with Crippen molar-refractivity contribution in [2.24, 2.45) is 0 Å². The van der Waals surface area contributed by atoms with Gasteiger partial charge in [-0.1, -0.05) is 6.07 Å². The van der Waals surface area contributed by atoms with Gasteiger partial charge < -0.3 is 4.74 Å². The molecule has 0 aliphatic rings. The Balaban J connectivity index is 3.25. The van der Waals surface area contributed by atoms with Crippen LogP contribution < -0.4 is 4.74 Å². The molecule has 0 aliphatic carbocycles. The van der Waals surface area contributed by atoms with E-state index in [4.69, 9.17) is 4.74 Å². The maximum Gasteiger partial charge on any atom is 0.143 e. The van der Waals surface area contributed by atoms with Gasteiger partial charge in [-0.3, -0.25) is 0 Å². The third-order valence-electron chi connectivity index (χ3n) is 1.49. The van der Waals surface area contributed by atoms with Gasteiger partial charge in [0.25, 0.3) is 0 Å². The second-order valence-electron chi connectivity index (χ2n) is 2.25. The Morgan fingerprint density at radius 2 is 2.09 bits per heavy atom. The van der Waals surface area contributed by atoms with Gasteiger partial charge in [0.2, 0.25) is 0 Å². The molecule has 0 fully saturated rings. The lowest BCUT2D eigenvalue weighted by molar-refractivity contribution is 0.397. The van der Waals surface area contributed by atoms with E-state index in [-0.39, 0.29) is 10.7 Å². The summed E-state index contributed by atoms with van der Waals surface area (Å²) in [5, 5.41) is 0. The molecule has 0 spiro atoms. The van der Waals surface area contributed by atoms with Crippen molar-refractivity contribution < 1.29 is 9.13 Å². The molecule has 1 nitrogen and oxygen atoms in total. The Morgan fingerprint density at radius 1 is 1.45 bits per heavy atom. The van der Waals surface area contributed by atoms with Crippen LogP contribution in [0, 0.1) is 12.7 Å². The summed E-state index contributed by atoms with van der Waals surface area (Å²) in [5.74, 6) is 0.157.